The number of ether oxygens (including phenoxy) is 2. The van der Waals surface area contributed by atoms with Crippen molar-refractivity contribution in [2.45, 2.75) is 13.5 Å². The molecule has 0 atom stereocenters. The molecular formula is C32H25ClN2O5. The second-order valence-electron chi connectivity index (χ2n) is 9.10. The Bertz CT molecular complexity index is 1540. The molecule has 0 radical (unpaired) electrons. The van der Waals surface area contributed by atoms with Crippen LogP contribution < -0.4 is 19.3 Å². The van der Waals surface area contributed by atoms with Crippen LogP contribution in [-0.2, 0) is 16.2 Å². The Labute approximate surface area is 236 Å². The molecule has 1 aliphatic rings. The number of hydrogen-bond acceptors (Lipinski definition) is 5. The summed E-state index contributed by atoms with van der Waals surface area (Å²) in [6, 6.07) is 27.3. The number of hydrogen-bond donors (Lipinski definition) is 0. The number of urea groups is 1. The van der Waals surface area contributed by atoms with Crippen molar-refractivity contribution in [2.75, 3.05) is 16.9 Å². The number of methoxy groups -OCH3 is 1. The van der Waals surface area contributed by atoms with Gasteiger partial charge in [-0.2, -0.15) is 0 Å². The first kappa shape index (κ1) is 26.7. The number of anilines is 2. The largest absolute Gasteiger partial charge is 0.493 e. The summed E-state index contributed by atoms with van der Waals surface area (Å²) in [6.07, 6.45) is 1.40. The molecule has 1 saturated heterocycles. The van der Waals surface area contributed by atoms with Crippen LogP contribution in [0.4, 0.5) is 16.2 Å². The minimum Gasteiger partial charge on any atom is -0.493 e. The summed E-state index contributed by atoms with van der Waals surface area (Å²) in [5.74, 6) is -0.829. The average Bonchev–Trinajstić information content (AvgIpc) is 2.96. The molecule has 5 rings (SSSR count). The van der Waals surface area contributed by atoms with E-state index < -0.39 is 17.8 Å². The first-order chi connectivity index (χ1) is 19.4. The quantitative estimate of drug-likeness (QED) is 0.186. The number of carbonyl (C=O) groups is 3. The zero-order valence-electron chi connectivity index (χ0n) is 21.8. The lowest BCUT2D eigenvalue weighted by molar-refractivity contribution is -0.121. The maximum atomic E-state index is 13.6. The molecule has 40 heavy (non-hydrogen) atoms. The third-order valence-electron chi connectivity index (χ3n) is 6.34. The molecule has 0 N–H and O–H groups in total. The van der Waals surface area contributed by atoms with Crippen LogP contribution >= 0.6 is 11.6 Å². The van der Waals surface area contributed by atoms with Crippen LogP contribution in [-0.4, -0.2) is 25.0 Å². The van der Waals surface area contributed by atoms with E-state index in [4.69, 9.17) is 21.1 Å². The third-order valence-corrected chi connectivity index (χ3v) is 6.63. The summed E-state index contributed by atoms with van der Waals surface area (Å²) in [6.45, 7) is 2.28. The molecule has 0 aromatic heterocycles. The normalized spacial score (nSPS) is 13.5. The topological polar surface area (TPSA) is 76.2 Å². The summed E-state index contributed by atoms with van der Waals surface area (Å²) >= 11 is 6.59. The van der Waals surface area contributed by atoms with Crippen molar-refractivity contribution in [1.82, 2.24) is 0 Å². The van der Waals surface area contributed by atoms with Gasteiger partial charge in [-0.25, -0.2) is 14.6 Å². The molecule has 1 aliphatic heterocycles. The standard InChI is InChI=1S/C32H25ClN2O5/c1-21-13-15-22(16-14-21)20-40-29-27(33)18-23(19-28(29)39-2)17-26-30(36)34(24-9-5-3-6-10-24)32(38)35(31(26)37)25-11-7-4-8-12-25/h3-19H,20H2,1-2H3. The predicted octanol–water partition coefficient (Wildman–Crippen LogP) is 6.82. The minimum atomic E-state index is -0.764. The Kier molecular flexibility index (Phi) is 7.66. The Balaban J connectivity index is 1.53. The summed E-state index contributed by atoms with van der Waals surface area (Å²) < 4.78 is 11.5. The van der Waals surface area contributed by atoms with E-state index in [0.29, 0.717) is 28.4 Å². The van der Waals surface area contributed by atoms with E-state index in [0.717, 1.165) is 20.9 Å². The number of barbiturate groups is 1. The third kappa shape index (κ3) is 5.32. The summed E-state index contributed by atoms with van der Waals surface area (Å²) in [4.78, 5) is 42.7. The molecule has 0 spiro atoms. The van der Waals surface area contributed by atoms with E-state index in [1.54, 1.807) is 72.8 Å². The fraction of sp³-hybridized carbons (Fsp3) is 0.0938. The van der Waals surface area contributed by atoms with Gasteiger partial charge in [-0.15, -0.1) is 0 Å². The molecule has 4 aromatic rings. The lowest BCUT2D eigenvalue weighted by Gasteiger charge is -2.34. The van der Waals surface area contributed by atoms with Gasteiger partial charge in [0.05, 0.1) is 23.5 Å². The number of para-hydroxylation sites is 2. The first-order valence-electron chi connectivity index (χ1n) is 12.5. The van der Waals surface area contributed by atoms with Crippen LogP contribution in [0.15, 0.2) is 103 Å². The maximum absolute atomic E-state index is 13.6. The van der Waals surface area contributed by atoms with E-state index in [2.05, 4.69) is 0 Å². The second-order valence-corrected chi connectivity index (χ2v) is 9.51. The van der Waals surface area contributed by atoms with Gasteiger partial charge < -0.3 is 9.47 Å². The van der Waals surface area contributed by atoms with Gasteiger partial charge >= 0.3 is 6.03 Å². The van der Waals surface area contributed by atoms with E-state index in [1.807, 2.05) is 31.2 Å². The van der Waals surface area contributed by atoms with Crippen LogP contribution in [0.3, 0.4) is 0 Å². The molecule has 200 valence electrons. The van der Waals surface area contributed by atoms with Crippen molar-refractivity contribution >= 4 is 46.9 Å². The van der Waals surface area contributed by atoms with Crippen LogP contribution in [0.1, 0.15) is 16.7 Å². The van der Waals surface area contributed by atoms with E-state index in [1.165, 1.54) is 13.2 Å². The van der Waals surface area contributed by atoms with Gasteiger partial charge in [-0.1, -0.05) is 77.8 Å². The van der Waals surface area contributed by atoms with Gasteiger partial charge in [-0.3, -0.25) is 9.59 Å². The van der Waals surface area contributed by atoms with Crippen molar-refractivity contribution in [1.29, 1.82) is 0 Å². The van der Waals surface area contributed by atoms with Crippen LogP contribution in [0.5, 0.6) is 11.5 Å². The first-order valence-corrected chi connectivity index (χ1v) is 12.9. The highest BCUT2D eigenvalue weighted by molar-refractivity contribution is 6.46. The second kappa shape index (κ2) is 11.5. The molecule has 7 nitrogen and oxygen atoms in total. The summed E-state index contributed by atoms with van der Waals surface area (Å²) in [5, 5.41) is 0.241. The number of aryl methyl sites for hydroxylation is 1. The molecular weight excluding hydrogens is 528 g/mol. The highest BCUT2D eigenvalue weighted by atomic mass is 35.5. The van der Waals surface area contributed by atoms with Gasteiger partial charge in [0.15, 0.2) is 11.5 Å². The van der Waals surface area contributed by atoms with Crippen molar-refractivity contribution in [2.24, 2.45) is 0 Å². The average molecular weight is 553 g/mol. The van der Waals surface area contributed by atoms with E-state index in [-0.39, 0.29) is 17.2 Å². The van der Waals surface area contributed by atoms with Crippen LogP contribution in [0.2, 0.25) is 5.02 Å². The van der Waals surface area contributed by atoms with E-state index >= 15 is 0 Å². The zero-order chi connectivity index (χ0) is 28.2. The number of amides is 4. The van der Waals surface area contributed by atoms with Gasteiger partial charge in [0.25, 0.3) is 11.8 Å². The summed E-state index contributed by atoms with van der Waals surface area (Å²) in [5.41, 5.74) is 3.00. The van der Waals surface area contributed by atoms with E-state index in [9.17, 15) is 14.4 Å². The minimum absolute atomic E-state index is 0.209. The Morgan fingerprint density at radius 2 is 1.32 bits per heavy atom. The van der Waals surface area contributed by atoms with Gasteiger partial charge in [-0.05, 0) is 60.5 Å². The molecule has 4 aromatic carbocycles. The van der Waals surface area contributed by atoms with Crippen molar-refractivity contribution in [3.05, 3.63) is 124 Å². The number of rotatable bonds is 7. The van der Waals surface area contributed by atoms with Crippen LogP contribution in [0.25, 0.3) is 6.08 Å². The molecule has 8 heteroatoms. The Morgan fingerprint density at radius 3 is 1.85 bits per heavy atom. The highest BCUT2D eigenvalue weighted by Gasteiger charge is 2.43. The molecule has 0 saturated carbocycles. The number of benzene rings is 4. The van der Waals surface area contributed by atoms with Gasteiger partial charge in [0, 0.05) is 0 Å². The van der Waals surface area contributed by atoms with Crippen molar-refractivity contribution in [3.8, 4) is 11.5 Å². The maximum Gasteiger partial charge on any atom is 0.343 e. The Morgan fingerprint density at radius 1 is 0.775 bits per heavy atom. The highest BCUT2D eigenvalue weighted by Crippen LogP contribution is 2.38. The summed E-state index contributed by atoms with van der Waals surface area (Å²) in [7, 11) is 1.48. The zero-order valence-corrected chi connectivity index (χ0v) is 22.6. The Hall–Kier alpha value is -4.88. The van der Waals surface area contributed by atoms with Gasteiger partial charge in [0.2, 0.25) is 0 Å². The van der Waals surface area contributed by atoms with Crippen molar-refractivity contribution < 1.29 is 23.9 Å². The molecule has 0 aliphatic carbocycles. The monoisotopic (exact) mass is 552 g/mol. The fourth-order valence-corrected chi connectivity index (χ4v) is 4.58. The number of halogens is 1. The van der Waals surface area contributed by atoms with Gasteiger partial charge in [0.1, 0.15) is 12.2 Å². The molecule has 1 heterocycles. The van der Waals surface area contributed by atoms with Crippen molar-refractivity contribution in [3.63, 3.8) is 0 Å². The smallest absolute Gasteiger partial charge is 0.343 e. The predicted molar refractivity (Wildman–Crippen MR) is 155 cm³/mol. The number of imide groups is 2. The molecule has 4 amide bonds. The molecule has 1 fully saturated rings. The number of nitrogens with zero attached hydrogens (tertiary/aromatic N) is 2. The molecule has 0 unspecified atom stereocenters. The molecule has 0 bridgehead atoms. The lowest BCUT2D eigenvalue weighted by atomic mass is 10.0. The lowest BCUT2D eigenvalue weighted by Crippen LogP contribution is -2.57. The fourth-order valence-electron chi connectivity index (χ4n) is 4.31. The van der Waals surface area contributed by atoms with Crippen LogP contribution in [0, 0.1) is 6.92 Å². The number of carbonyl (C=O) groups excluding carboxylic acids is 3. The SMILES string of the molecule is COc1cc(C=C2C(=O)N(c3ccccc3)C(=O)N(c3ccccc3)C2=O)cc(Cl)c1OCc1ccc(C)cc1.